The smallest absolute Gasteiger partial charge is 0.254 e. The first-order valence-corrected chi connectivity index (χ1v) is 9.43. The number of hydrogen-bond acceptors (Lipinski definition) is 5. The lowest BCUT2D eigenvalue weighted by Crippen LogP contribution is -2.27. The number of H-pyrrole nitrogens is 2. The molecule has 3 aromatic rings. The van der Waals surface area contributed by atoms with Crippen LogP contribution in [-0.2, 0) is 6.54 Å². The van der Waals surface area contributed by atoms with Gasteiger partial charge in [-0.2, -0.15) is 5.26 Å². The van der Waals surface area contributed by atoms with E-state index in [4.69, 9.17) is 16.9 Å². The molecule has 1 saturated carbocycles. The molecule has 28 heavy (non-hydrogen) atoms. The van der Waals surface area contributed by atoms with Gasteiger partial charge in [-0.1, -0.05) is 11.6 Å². The number of aromatic nitrogens is 3. The molecule has 0 saturated heterocycles. The largest absolute Gasteiger partial charge is 0.313 e. The Morgan fingerprint density at radius 3 is 2.75 bits per heavy atom. The Balaban J connectivity index is 1.58. The molecule has 0 radical (unpaired) electrons. The van der Waals surface area contributed by atoms with E-state index in [-0.39, 0.29) is 29.4 Å². The van der Waals surface area contributed by atoms with Gasteiger partial charge in [-0.05, 0) is 44.0 Å². The number of fused-ring (bicyclic) bond motifs is 1. The van der Waals surface area contributed by atoms with Gasteiger partial charge < -0.3 is 15.3 Å². The van der Waals surface area contributed by atoms with Gasteiger partial charge in [0.2, 0.25) is 0 Å². The van der Waals surface area contributed by atoms with E-state index in [1.54, 1.807) is 18.2 Å². The summed E-state index contributed by atoms with van der Waals surface area (Å²) in [6.45, 7) is 2.11. The quantitative estimate of drug-likeness (QED) is 0.614. The second kappa shape index (κ2) is 7.23. The second-order valence-electron chi connectivity index (χ2n) is 7.06. The predicted octanol–water partition coefficient (Wildman–Crippen LogP) is 2.86. The zero-order chi connectivity index (χ0) is 19.8. The van der Waals surface area contributed by atoms with Crippen LogP contribution in [0.4, 0.5) is 0 Å². The number of halogens is 1. The summed E-state index contributed by atoms with van der Waals surface area (Å²) in [6, 6.07) is 8.37. The van der Waals surface area contributed by atoms with Crippen LogP contribution in [0.25, 0.3) is 11.0 Å². The van der Waals surface area contributed by atoms with Crippen molar-refractivity contribution in [2.75, 3.05) is 0 Å². The number of rotatable bonds is 5. The molecule has 0 aromatic carbocycles. The fourth-order valence-electron chi connectivity index (χ4n) is 3.19. The molecular weight excluding hydrogens is 378 g/mol. The molecular formula is C20H18ClN5O2. The number of nitriles is 1. The van der Waals surface area contributed by atoms with Gasteiger partial charge in [0.15, 0.2) is 0 Å². The number of hydrogen-bond donors (Lipinski definition) is 3. The van der Waals surface area contributed by atoms with Crippen LogP contribution in [0.3, 0.4) is 0 Å². The highest BCUT2D eigenvalue weighted by molar-refractivity contribution is 6.31. The van der Waals surface area contributed by atoms with E-state index in [9.17, 15) is 9.59 Å². The molecule has 3 heterocycles. The summed E-state index contributed by atoms with van der Waals surface area (Å²) in [5.41, 5.74) is 2.08. The minimum Gasteiger partial charge on any atom is -0.313 e. The third-order valence-electron chi connectivity index (χ3n) is 4.98. The molecule has 0 amide bonds. The zero-order valence-electron chi connectivity index (χ0n) is 15.2. The molecule has 3 aromatic heterocycles. The van der Waals surface area contributed by atoms with Crippen LogP contribution in [0.1, 0.15) is 54.2 Å². The van der Waals surface area contributed by atoms with Crippen LogP contribution in [-0.4, -0.2) is 15.0 Å². The van der Waals surface area contributed by atoms with Gasteiger partial charge in [0.25, 0.3) is 11.1 Å². The van der Waals surface area contributed by atoms with Crippen LogP contribution in [0.2, 0.25) is 5.02 Å². The topological polar surface area (TPSA) is 114 Å². The number of pyridine rings is 3. The number of nitrogens with one attached hydrogen (secondary N) is 3. The molecule has 0 aliphatic heterocycles. The Bertz CT molecular complexity index is 1220. The first-order chi connectivity index (χ1) is 13.5. The Kier molecular flexibility index (Phi) is 4.75. The van der Waals surface area contributed by atoms with Gasteiger partial charge in [0.05, 0.1) is 10.7 Å². The molecule has 1 atom stereocenters. The maximum absolute atomic E-state index is 12.5. The summed E-state index contributed by atoms with van der Waals surface area (Å²) in [4.78, 5) is 34.4. The first-order valence-electron chi connectivity index (χ1n) is 9.05. The van der Waals surface area contributed by atoms with E-state index in [0.29, 0.717) is 27.7 Å². The van der Waals surface area contributed by atoms with E-state index < -0.39 is 0 Å². The van der Waals surface area contributed by atoms with E-state index in [2.05, 4.69) is 20.3 Å². The van der Waals surface area contributed by atoms with Crippen LogP contribution in [0.5, 0.6) is 0 Å². The van der Waals surface area contributed by atoms with Gasteiger partial charge in [0.1, 0.15) is 17.4 Å². The maximum atomic E-state index is 12.5. The molecule has 142 valence electrons. The molecule has 7 nitrogen and oxygen atoms in total. The van der Waals surface area contributed by atoms with Crippen molar-refractivity contribution in [1.82, 2.24) is 20.3 Å². The van der Waals surface area contributed by atoms with Crippen LogP contribution in [0, 0.1) is 11.3 Å². The zero-order valence-corrected chi connectivity index (χ0v) is 15.9. The van der Waals surface area contributed by atoms with Crippen LogP contribution in [0.15, 0.2) is 33.9 Å². The van der Waals surface area contributed by atoms with Gasteiger partial charge >= 0.3 is 0 Å². The van der Waals surface area contributed by atoms with E-state index in [0.717, 1.165) is 23.9 Å². The summed E-state index contributed by atoms with van der Waals surface area (Å²) >= 11 is 6.36. The van der Waals surface area contributed by atoms with Crippen molar-refractivity contribution >= 4 is 22.6 Å². The average Bonchev–Trinajstić information content (AvgIpc) is 3.51. The Labute approximate surface area is 165 Å². The van der Waals surface area contributed by atoms with Gasteiger partial charge in [-0.25, -0.2) is 4.98 Å². The van der Waals surface area contributed by atoms with Crippen molar-refractivity contribution in [3.8, 4) is 6.07 Å². The predicted molar refractivity (Wildman–Crippen MR) is 106 cm³/mol. The van der Waals surface area contributed by atoms with Crippen molar-refractivity contribution in [3.05, 3.63) is 72.5 Å². The van der Waals surface area contributed by atoms with Crippen molar-refractivity contribution in [1.29, 1.82) is 5.26 Å². The monoisotopic (exact) mass is 395 g/mol. The molecule has 3 N–H and O–H groups in total. The van der Waals surface area contributed by atoms with Gasteiger partial charge in [0, 0.05) is 35.0 Å². The lowest BCUT2D eigenvalue weighted by Gasteiger charge is -2.14. The van der Waals surface area contributed by atoms with Gasteiger partial charge in [-0.3, -0.25) is 9.59 Å². The summed E-state index contributed by atoms with van der Waals surface area (Å²) in [7, 11) is 0. The molecule has 0 bridgehead atoms. The Morgan fingerprint density at radius 2 is 2.07 bits per heavy atom. The summed E-state index contributed by atoms with van der Waals surface area (Å²) in [5, 5.41) is 13.4. The second-order valence-corrected chi connectivity index (χ2v) is 7.47. The minimum absolute atomic E-state index is 0.211. The van der Waals surface area contributed by atoms with Crippen molar-refractivity contribution in [3.63, 3.8) is 0 Å². The average molecular weight is 396 g/mol. The normalized spacial score (nSPS) is 14.8. The van der Waals surface area contributed by atoms with Crippen LogP contribution < -0.4 is 16.4 Å². The number of aromatic amines is 2. The third-order valence-corrected chi connectivity index (χ3v) is 5.28. The summed E-state index contributed by atoms with van der Waals surface area (Å²) < 4.78 is 0. The maximum Gasteiger partial charge on any atom is 0.254 e. The number of nitrogens with zero attached hydrogens (tertiary/aromatic N) is 2. The van der Waals surface area contributed by atoms with Crippen molar-refractivity contribution < 1.29 is 0 Å². The Hall–Kier alpha value is -2.95. The summed E-state index contributed by atoms with van der Waals surface area (Å²) in [5.74, 6) is 0.395. The highest BCUT2D eigenvalue weighted by Gasteiger charge is 2.28. The molecule has 0 spiro atoms. The SMILES string of the molecule is C[C@H](NCc1ccc(C#N)[nH]c1=O)c1cc2cc(Cl)c(C3CC3)nc2[nH]c1=O. The summed E-state index contributed by atoms with van der Waals surface area (Å²) in [6.07, 6.45) is 2.16. The molecule has 1 aliphatic rings. The molecule has 0 unspecified atom stereocenters. The molecule has 8 heteroatoms. The molecule has 1 fully saturated rings. The van der Waals surface area contributed by atoms with E-state index in [1.807, 2.05) is 19.1 Å². The first kappa shape index (κ1) is 18.4. The fourth-order valence-corrected chi connectivity index (χ4v) is 3.50. The van der Waals surface area contributed by atoms with Crippen molar-refractivity contribution in [2.24, 2.45) is 0 Å². The highest BCUT2D eigenvalue weighted by Crippen LogP contribution is 2.42. The van der Waals surface area contributed by atoms with E-state index in [1.165, 1.54) is 0 Å². The minimum atomic E-state index is -0.324. The third kappa shape index (κ3) is 3.57. The standard InChI is InChI=1S/C20H18ClN5O2/c1-10(23-9-12-4-5-14(8-22)24-19(12)27)15-6-13-7-16(21)17(11-2-3-11)25-18(13)26-20(15)28/h4-7,10-11,23H,2-3,9H2,1H3,(H,24,27)(H,25,26,28)/t10-/m0/s1. The van der Waals surface area contributed by atoms with Crippen LogP contribution >= 0.6 is 11.6 Å². The molecule has 1 aliphatic carbocycles. The lowest BCUT2D eigenvalue weighted by atomic mass is 10.1. The Morgan fingerprint density at radius 1 is 1.29 bits per heavy atom. The lowest BCUT2D eigenvalue weighted by molar-refractivity contribution is 0.567. The highest BCUT2D eigenvalue weighted by atomic mass is 35.5. The van der Waals surface area contributed by atoms with Crippen molar-refractivity contribution in [2.45, 2.75) is 38.3 Å². The fraction of sp³-hybridized carbons (Fsp3) is 0.300. The molecule has 4 rings (SSSR count). The van der Waals surface area contributed by atoms with Gasteiger partial charge in [-0.15, -0.1) is 0 Å². The van der Waals surface area contributed by atoms with E-state index >= 15 is 0 Å².